The molecular formula is C26H44ClN6O7PS. The number of piperidine rings is 1. The van der Waals surface area contributed by atoms with Gasteiger partial charge in [-0.05, 0) is 38.5 Å². The van der Waals surface area contributed by atoms with Gasteiger partial charge in [-0.25, -0.2) is 9.55 Å². The number of aliphatic hydroxyl groups is 1. The number of aromatic nitrogens is 4. The van der Waals surface area contributed by atoms with Gasteiger partial charge < -0.3 is 20.1 Å². The fourth-order valence-corrected chi connectivity index (χ4v) is 6.78. The number of imidazole rings is 1. The van der Waals surface area contributed by atoms with E-state index in [1.54, 1.807) is 21.0 Å². The molecule has 0 unspecified atom stereocenters. The average Bonchev–Trinajstić information content (AvgIpc) is 3.55. The number of ether oxygens (including phenoxy) is 1. The Kier molecular flexibility index (Phi) is 12.4. The van der Waals surface area contributed by atoms with E-state index >= 15 is 0 Å². The lowest BCUT2D eigenvalue weighted by atomic mass is 10.0. The normalized spacial score (nSPS) is 18.3. The number of methoxy groups -OCH3 is 1. The maximum atomic E-state index is 13.5. The number of carbonyl (C=O) groups excluding carboxylic acids is 1. The number of phosphoric ester groups is 1. The van der Waals surface area contributed by atoms with E-state index in [1.165, 1.54) is 15.9 Å². The Balaban J connectivity index is 1.74. The molecule has 2 atom stereocenters. The Hall–Kier alpha value is -1.64. The molecule has 0 bridgehead atoms. The maximum absolute atomic E-state index is 13.5. The molecule has 1 aliphatic heterocycles. The zero-order valence-electron chi connectivity index (χ0n) is 25.6. The summed E-state index contributed by atoms with van der Waals surface area (Å²) in [6, 6.07) is -0.329. The highest BCUT2D eigenvalue weighted by molar-refractivity contribution is 7.48. The minimum absolute atomic E-state index is 0.0207. The highest BCUT2D eigenvalue weighted by Gasteiger charge is 2.35. The second-order valence-electron chi connectivity index (χ2n) is 11.6. The number of nitrogens with zero attached hydrogens (tertiary/aromatic N) is 5. The number of halogens is 1. The molecule has 238 valence electrons. The number of nitrogens with one attached hydrogen (secondary N) is 1. The lowest BCUT2D eigenvalue weighted by molar-refractivity contribution is 0.0525. The van der Waals surface area contributed by atoms with Crippen LogP contribution in [0.25, 0.3) is 0 Å². The quantitative estimate of drug-likeness (QED) is 0.260. The second kappa shape index (κ2) is 14.9. The smallest absolute Gasteiger partial charge is 0.383 e. The minimum Gasteiger partial charge on any atom is -0.383 e. The van der Waals surface area contributed by atoms with Crippen LogP contribution in [0.3, 0.4) is 0 Å². The zero-order chi connectivity index (χ0) is 31.2. The molecule has 2 aromatic rings. The summed E-state index contributed by atoms with van der Waals surface area (Å²) >= 11 is 7.73. The third-order valence-corrected chi connectivity index (χ3v) is 9.39. The molecule has 0 spiro atoms. The first-order valence-corrected chi connectivity index (χ1v) is 16.8. The van der Waals surface area contributed by atoms with E-state index in [0.29, 0.717) is 41.8 Å². The van der Waals surface area contributed by atoms with Crippen molar-refractivity contribution in [2.75, 3.05) is 38.3 Å². The van der Waals surface area contributed by atoms with Gasteiger partial charge in [0.05, 0.1) is 31.1 Å². The fraction of sp³-hybridized carbons (Fsp3) is 0.769. The lowest BCUT2D eigenvalue weighted by Gasteiger charge is -2.37. The second-order valence-corrected chi connectivity index (χ2v) is 14.6. The first-order valence-electron chi connectivity index (χ1n) is 14.1. The molecule has 2 N–H and O–H groups in total. The van der Waals surface area contributed by atoms with Crippen molar-refractivity contribution in [3.63, 3.8) is 0 Å². The van der Waals surface area contributed by atoms with Crippen molar-refractivity contribution in [2.24, 2.45) is 11.8 Å². The maximum Gasteiger partial charge on any atom is 0.476 e. The number of anilines is 1. The molecule has 1 saturated heterocycles. The molecule has 3 rings (SSSR count). The number of rotatable bonds is 15. The average molecular weight is 651 g/mol. The number of carbonyl (C=O) groups is 1. The van der Waals surface area contributed by atoms with Crippen LogP contribution in [0.4, 0.5) is 5.13 Å². The van der Waals surface area contributed by atoms with Gasteiger partial charge in [0.1, 0.15) is 17.3 Å². The first-order chi connectivity index (χ1) is 19.7. The van der Waals surface area contributed by atoms with Gasteiger partial charge in [-0.2, -0.15) is 0 Å². The Morgan fingerprint density at radius 3 is 2.36 bits per heavy atom. The highest BCUT2D eigenvalue weighted by atomic mass is 35.5. The van der Waals surface area contributed by atoms with Crippen molar-refractivity contribution in [1.82, 2.24) is 25.1 Å². The molecule has 42 heavy (non-hydrogen) atoms. The molecular weight excluding hydrogens is 607 g/mol. The number of hydrogen-bond donors (Lipinski definition) is 2. The van der Waals surface area contributed by atoms with E-state index in [4.69, 9.17) is 29.9 Å². The molecule has 1 amide bonds. The molecule has 1 aliphatic rings. The van der Waals surface area contributed by atoms with E-state index in [2.05, 4.69) is 20.5 Å². The summed E-state index contributed by atoms with van der Waals surface area (Å²) in [5.74, 6) is -0.236. The zero-order valence-corrected chi connectivity index (χ0v) is 28.1. The summed E-state index contributed by atoms with van der Waals surface area (Å²) in [6.07, 6.45) is 0.668. The number of amides is 1. The van der Waals surface area contributed by atoms with Crippen molar-refractivity contribution < 1.29 is 32.8 Å². The van der Waals surface area contributed by atoms with E-state index < -0.39 is 19.3 Å². The largest absolute Gasteiger partial charge is 0.476 e. The van der Waals surface area contributed by atoms with Gasteiger partial charge in [0, 0.05) is 20.2 Å². The van der Waals surface area contributed by atoms with Crippen LogP contribution in [-0.2, 0) is 41.6 Å². The van der Waals surface area contributed by atoms with Crippen LogP contribution >= 0.6 is 30.8 Å². The molecule has 0 aliphatic carbocycles. The molecule has 1 fully saturated rings. The van der Waals surface area contributed by atoms with Gasteiger partial charge in [0.15, 0.2) is 5.15 Å². The van der Waals surface area contributed by atoms with Crippen LogP contribution in [0.15, 0.2) is 0 Å². The topological polar surface area (TPSA) is 150 Å². The van der Waals surface area contributed by atoms with Gasteiger partial charge in [-0.1, -0.05) is 57.6 Å². The summed E-state index contributed by atoms with van der Waals surface area (Å²) in [7, 11) is -2.35. The lowest BCUT2D eigenvalue weighted by Crippen LogP contribution is -2.55. The van der Waals surface area contributed by atoms with Crippen molar-refractivity contribution in [2.45, 2.75) is 85.8 Å². The van der Waals surface area contributed by atoms with Gasteiger partial charge in [-0.15, -0.1) is 10.2 Å². The third-order valence-electron chi connectivity index (χ3n) is 6.43. The summed E-state index contributed by atoms with van der Waals surface area (Å²) in [5, 5.41) is 23.0. The molecule has 16 heteroatoms. The summed E-state index contributed by atoms with van der Waals surface area (Å²) < 4.78 is 37.5. The van der Waals surface area contributed by atoms with E-state index in [9.17, 15) is 14.5 Å². The van der Waals surface area contributed by atoms with E-state index in [0.717, 1.165) is 0 Å². The highest BCUT2D eigenvalue weighted by Crippen LogP contribution is 2.50. The Labute approximate surface area is 256 Å². The summed E-state index contributed by atoms with van der Waals surface area (Å²) in [6.45, 7) is 14.0. The number of phosphoric acid groups is 1. The van der Waals surface area contributed by atoms with Crippen LogP contribution in [0.5, 0.6) is 0 Å². The predicted molar refractivity (Wildman–Crippen MR) is 161 cm³/mol. The van der Waals surface area contributed by atoms with Gasteiger partial charge in [-0.3, -0.25) is 22.9 Å². The number of hydrogen-bond acceptors (Lipinski definition) is 12. The van der Waals surface area contributed by atoms with Gasteiger partial charge in [0.25, 0.3) is 5.91 Å². The Bertz CT molecular complexity index is 1220. The molecule has 3 heterocycles. The molecule has 2 aromatic heterocycles. The molecule has 13 nitrogen and oxygen atoms in total. The molecule has 0 radical (unpaired) electrons. The third kappa shape index (κ3) is 9.18. The SMILES string of the molecule is CCc1c(Cl)nc(C(=O)N[C@@H]2CCN(c3nnc(C(C)(C)O)s3)C[C@@H]2OC)n1COP(=O)(OCC(C)C)OCC(C)C. The molecule has 0 aromatic carbocycles. The van der Waals surface area contributed by atoms with Crippen molar-refractivity contribution in [3.8, 4) is 0 Å². The Morgan fingerprint density at radius 2 is 1.83 bits per heavy atom. The summed E-state index contributed by atoms with van der Waals surface area (Å²) in [5.41, 5.74) is -0.528. The van der Waals surface area contributed by atoms with Gasteiger partial charge >= 0.3 is 7.82 Å². The van der Waals surface area contributed by atoms with Crippen molar-refractivity contribution in [3.05, 3.63) is 21.7 Å². The molecule has 0 saturated carbocycles. The van der Waals surface area contributed by atoms with Crippen LogP contribution in [0, 0.1) is 11.8 Å². The van der Waals surface area contributed by atoms with Crippen LogP contribution < -0.4 is 10.2 Å². The van der Waals surface area contributed by atoms with Crippen LogP contribution in [-0.4, -0.2) is 76.3 Å². The summed E-state index contributed by atoms with van der Waals surface area (Å²) in [4.78, 5) is 19.9. The standard InChI is InChI=1S/C26H44ClN6O7PS/c1-9-19-21(27)29-22(33(19)15-40-41(36,38-13-16(2)3)39-14-17(4)5)23(34)28-18-10-11-32(12-20(18)37-8)25-31-30-24(42-25)26(6,7)35/h16-18,20,35H,9-15H2,1-8H3,(H,28,34)/t18-,20+/m1/s1. The first kappa shape index (κ1) is 34.8. The van der Waals surface area contributed by atoms with E-state index in [1.807, 2.05) is 39.5 Å². The minimum atomic E-state index is -3.93. The van der Waals surface area contributed by atoms with Crippen LogP contribution in [0.2, 0.25) is 5.15 Å². The van der Waals surface area contributed by atoms with Gasteiger partial charge in [0.2, 0.25) is 11.0 Å². The van der Waals surface area contributed by atoms with E-state index in [-0.39, 0.29) is 54.9 Å². The van der Waals surface area contributed by atoms with Crippen LogP contribution in [0.1, 0.15) is 76.2 Å². The fourth-order valence-electron chi connectivity index (χ4n) is 4.14. The predicted octanol–water partition coefficient (Wildman–Crippen LogP) is 4.63. The van der Waals surface area contributed by atoms with Crippen molar-refractivity contribution in [1.29, 1.82) is 0 Å². The van der Waals surface area contributed by atoms with Crippen molar-refractivity contribution >= 4 is 41.8 Å². The Morgan fingerprint density at radius 1 is 1.19 bits per heavy atom. The monoisotopic (exact) mass is 650 g/mol.